The zero-order valence-electron chi connectivity index (χ0n) is 10.4. The number of amides is 1. The smallest absolute Gasteiger partial charge is 0.322 e. The van der Waals surface area contributed by atoms with E-state index in [1.54, 1.807) is 11.1 Å². The molecule has 0 unspecified atom stereocenters. The van der Waals surface area contributed by atoms with E-state index in [0.29, 0.717) is 6.54 Å². The second kappa shape index (κ2) is 7.61. The monoisotopic (exact) mass is 316 g/mol. The van der Waals surface area contributed by atoms with Crippen molar-refractivity contribution in [3.8, 4) is 0 Å². The third-order valence-electron chi connectivity index (χ3n) is 2.40. The number of aliphatic carboxylic acids is 1. The number of allylic oxidation sites excluding steroid dienone is 2. The Kier molecular flexibility index (Phi) is 6.13. The number of hydrogen-bond donors (Lipinski definition) is 2. The molecule has 2 heterocycles. The minimum atomic E-state index is -1.05. The van der Waals surface area contributed by atoms with Crippen molar-refractivity contribution in [1.29, 1.82) is 0 Å². The van der Waals surface area contributed by atoms with Crippen LogP contribution in [0.5, 0.6) is 0 Å². The average Bonchev–Trinajstić information content (AvgIpc) is 2.91. The van der Waals surface area contributed by atoms with Gasteiger partial charge in [0.2, 0.25) is 5.91 Å². The summed E-state index contributed by atoms with van der Waals surface area (Å²) in [5.74, 6) is -1.37. The first kappa shape index (κ1) is 16.1. The van der Waals surface area contributed by atoms with E-state index in [9.17, 15) is 9.59 Å². The topological polar surface area (TPSA) is 95.4 Å². The number of carboxylic acid groups (broad SMARTS) is 1. The summed E-state index contributed by atoms with van der Waals surface area (Å²) in [5, 5.41) is 11.6. The number of halogens is 1. The predicted octanol–water partition coefficient (Wildman–Crippen LogP) is 0.373. The quantitative estimate of drug-likeness (QED) is 0.815. The summed E-state index contributed by atoms with van der Waals surface area (Å²) >= 11 is 1.31. The molecule has 0 bridgehead atoms. The molecule has 0 aliphatic carbocycles. The number of carboxylic acids is 1. The summed E-state index contributed by atoms with van der Waals surface area (Å²) in [6.45, 7) is 0.345. The van der Waals surface area contributed by atoms with Crippen molar-refractivity contribution in [1.82, 2.24) is 19.6 Å². The van der Waals surface area contributed by atoms with Crippen LogP contribution >= 0.6 is 23.9 Å². The first-order valence-electron chi connectivity index (χ1n) is 5.53. The third-order valence-corrected chi connectivity index (χ3v) is 3.12. The Morgan fingerprint density at radius 2 is 2.30 bits per heavy atom. The fourth-order valence-electron chi connectivity index (χ4n) is 1.52. The molecule has 0 atom stereocenters. The molecule has 20 heavy (non-hydrogen) atoms. The van der Waals surface area contributed by atoms with Gasteiger partial charge in [-0.3, -0.25) is 9.59 Å². The summed E-state index contributed by atoms with van der Waals surface area (Å²) in [4.78, 5) is 27.6. The SMILES string of the molecule is Cl.O=C(O)CNC(=O)CN1C=CC(c2ncns2)=CC1. The number of nitrogens with zero attached hydrogens (tertiary/aromatic N) is 3. The third kappa shape index (κ3) is 4.63. The van der Waals surface area contributed by atoms with Crippen molar-refractivity contribution in [3.05, 3.63) is 29.7 Å². The Balaban J connectivity index is 0.00000200. The van der Waals surface area contributed by atoms with Crippen LogP contribution in [-0.4, -0.2) is 50.9 Å². The molecule has 2 rings (SSSR count). The molecule has 0 spiro atoms. The number of nitrogens with one attached hydrogen (secondary N) is 1. The van der Waals surface area contributed by atoms with E-state index in [4.69, 9.17) is 5.11 Å². The van der Waals surface area contributed by atoms with Gasteiger partial charge < -0.3 is 15.3 Å². The zero-order valence-corrected chi connectivity index (χ0v) is 12.0. The highest BCUT2D eigenvalue weighted by Crippen LogP contribution is 2.19. The first-order chi connectivity index (χ1) is 9.15. The maximum Gasteiger partial charge on any atom is 0.322 e. The van der Waals surface area contributed by atoms with Crippen molar-refractivity contribution in [2.24, 2.45) is 0 Å². The Morgan fingerprint density at radius 1 is 1.50 bits per heavy atom. The summed E-state index contributed by atoms with van der Waals surface area (Å²) in [5.41, 5.74) is 0.977. The van der Waals surface area contributed by atoms with Crippen LogP contribution in [0.4, 0.5) is 0 Å². The molecular weight excluding hydrogens is 304 g/mol. The van der Waals surface area contributed by atoms with Crippen molar-refractivity contribution in [2.75, 3.05) is 19.6 Å². The molecule has 2 N–H and O–H groups in total. The van der Waals surface area contributed by atoms with Gasteiger partial charge in [-0.25, -0.2) is 4.98 Å². The Morgan fingerprint density at radius 3 is 2.85 bits per heavy atom. The van der Waals surface area contributed by atoms with E-state index in [0.717, 1.165) is 10.6 Å². The molecule has 1 amide bonds. The lowest BCUT2D eigenvalue weighted by Crippen LogP contribution is -2.37. The zero-order chi connectivity index (χ0) is 13.7. The minimum Gasteiger partial charge on any atom is -0.480 e. The number of aromatic nitrogens is 2. The average molecular weight is 317 g/mol. The lowest BCUT2D eigenvalue weighted by molar-refractivity contribution is -0.138. The molecule has 1 aromatic heterocycles. The Hall–Kier alpha value is -1.93. The normalized spacial score (nSPS) is 13.4. The highest BCUT2D eigenvalue weighted by atomic mass is 35.5. The lowest BCUT2D eigenvalue weighted by atomic mass is 10.2. The largest absolute Gasteiger partial charge is 0.480 e. The van der Waals surface area contributed by atoms with Crippen molar-refractivity contribution in [2.45, 2.75) is 0 Å². The summed E-state index contributed by atoms with van der Waals surface area (Å²) in [7, 11) is 0. The van der Waals surface area contributed by atoms with Crippen LogP contribution in [0.1, 0.15) is 5.01 Å². The standard InChI is InChI=1S/C11H12N4O3S.ClH/c16-9(12-5-10(17)18)6-15-3-1-8(2-4-15)11-13-7-14-19-11;/h1-3,7H,4-6H2,(H,12,16)(H,17,18);1H. The van der Waals surface area contributed by atoms with E-state index in [1.165, 1.54) is 17.9 Å². The van der Waals surface area contributed by atoms with E-state index < -0.39 is 5.97 Å². The van der Waals surface area contributed by atoms with Crippen molar-refractivity contribution < 1.29 is 14.7 Å². The van der Waals surface area contributed by atoms with Crippen LogP contribution in [0.3, 0.4) is 0 Å². The molecular formula is C11H13ClN4O3S. The van der Waals surface area contributed by atoms with Gasteiger partial charge in [-0.2, -0.15) is 4.37 Å². The van der Waals surface area contributed by atoms with E-state index in [2.05, 4.69) is 14.7 Å². The van der Waals surface area contributed by atoms with Crippen molar-refractivity contribution in [3.63, 3.8) is 0 Å². The van der Waals surface area contributed by atoms with Crippen LogP contribution in [0.25, 0.3) is 5.57 Å². The minimum absolute atomic E-state index is 0. The maximum absolute atomic E-state index is 11.4. The molecule has 1 aliphatic heterocycles. The molecule has 0 fully saturated rings. The predicted molar refractivity (Wildman–Crippen MR) is 76.5 cm³/mol. The summed E-state index contributed by atoms with van der Waals surface area (Å²) < 4.78 is 3.93. The molecule has 0 saturated carbocycles. The van der Waals surface area contributed by atoms with Crippen molar-refractivity contribution >= 4 is 41.4 Å². The van der Waals surface area contributed by atoms with Gasteiger partial charge in [-0.1, -0.05) is 6.08 Å². The maximum atomic E-state index is 11.4. The van der Waals surface area contributed by atoms with Crippen LogP contribution in [-0.2, 0) is 9.59 Å². The fraction of sp³-hybridized carbons (Fsp3) is 0.273. The molecule has 7 nitrogen and oxygen atoms in total. The summed E-state index contributed by atoms with van der Waals surface area (Å²) in [6, 6.07) is 0. The molecule has 1 aliphatic rings. The van der Waals surface area contributed by atoms with E-state index >= 15 is 0 Å². The van der Waals surface area contributed by atoms with Gasteiger partial charge in [0, 0.05) is 18.3 Å². The summed E-state index contributed by atoms with van der Waals surface area (Å²) in [6.07, 6.45) is 7.09. The number of hydrogen-bond acceptors (Lipinski definition) is 6. The second-order valence-corrected chi connectivity index (χ2v) is 4.60. The number of carbonyl (C=O) groups excluding carboxylic acids is 1. The van der Waals surface area contributed by atoms with Gasteiger partial charge in [0.1, 0.15) is 17.9 Å². The molecule has 0 saturated heterocycles. The number of rotatable bonds is 5. The van der Waals surface area contributed by atoms with E-state index in [1.807, 2.05) is 12.2 Å². The molecule has 0 aromatic carbocycles. The molecule has 1 aromatic rings. The van der Waals surface area contributed by atoms with Gasteiger partial charge in [-0.05, 0) is 17.6 Å². The fourth-order valence-corrected chi connectivity index (χ4v) is 2.07. The van der Waals surface area contributed by atoms with Crippen LogP contribution in [0.2, 0.25) is 0 Å². The highest BCUT2D eigenvalue weighted by Gasteiger charge is 2.12. The molecule has 0 radical (unpaired) electrons. The van der Waals surface area contributed by atoms with Crippen LogP contribution in [0.15, 0.2) is 24.7 Å². The van der Waals surface area contributed by atoms with Gasteiger partial charge in [-0.15, -0.1) is 12.4 Å². The molecule has 9 heteroatoms. The van der Waals surface area contributed by atoms with Crippen LogP contribution in [0, 0.1) is 0 Å². The van der Waals surface area contributed by atoms with Crippen LogP contribution < -0.4 is 5.32 Å². The van der Waals surface area contributed by atoms with Gasteiger partial charge in [0.05, 0.1) is 6.54 Å². The number of carbonyl (C=O) groups is 2. The lowest BCUT2D eigenvalue weighted by Gasteiger charge is -2.21. The highest BCUT2D eigenvalue weighted by molar-refractivity contribution is 7.06. The van der Waals surface area contributed by atoms with Gasteiger partial charge in [0.25, 0.3) is 0 Å². The van der Waals surface area contributed by atoms with Gasteiger partial charge in [0.15, 0.2) is 0 Å². The van der Waals surface area contributed by atoms with Gasteiger partial charge >= 0.3 is 5.97 Å². The first-order valence-corrected chi connectivity index (χ1v) is 6.30. The second-order valence-electron chi connectivity index (χ2n) is 3.82. The van der Waals surface area contributed by atoms with E-state index in [-0.39, 0.29) is 31.4 Å². The Bertz CT molecular complexity index is 530. The molecule has 108 valence electrons. The Labute approximate surface area is 125 Å².